The van der Waals surface area contributed by atoms with E-state index in [4.69, 9.17) is 5.73 Å². The second-order valence-corrected chi connectivity index (χ2v) is 18.1. The predicted octanol–water partition coefficient (Wildman–Crippen LogP) is 10.6. The summed E-state index contributed by atoms with van der Waals surface area (Å²) >= 11 is 12.2. The second kappa shape index (κ2) is 25.9. The standard InChI is InChI=1S/C12H8BrF3N2O.C12H9F3N2O.C9H4BrF3N2O.C6H10O3.C5H5BrN2.BHNS/c13-9-10(12(14,15)16)17-8-4-3-7(6-1-2-6)5-18(8)11(9)19;13-12(14,15)9-5-11(18)17-6-8(7-1-2-7)3-4-10(17)16-9;10-5-1-2-7-14-6(9(11,12)13)3-8(16)15(7)4-5;1-3-9-6(8)4-5(2)7;6-4-1-2-5(7)8-3-4;1-2-3/h3-6H,1-2H2;3-7H,1-2H2;1-4H;3-4H2,1-2H3;1-3H,(H2,7,8);3H. The monoisotopic (exact) mass is 1240 g/mol. The predicted molar refractivity (Wildman–Crippen MR) is 264 cm³/mol. The average molecular weight is 1240 g/mol. The molecule has 29 heteroatoms. The van der Waals surface area contributed by atoms with Crippen LogP contribution in [0.1, 0.15) is 86.0 Å². The number of alkyl halides is 9. The van der Waals surface area contributed by atoms with Crippen LogP contribution in [0.15, 0.2) is 118 Å². The summed E-state index contributed by atoms with van der Waals surface area (Å²) in [7, 11) is 4.34. The Labute approximate surface area is 438 Å². The number of anilines is 1. The van der Waals surface area contributed by atoms with Crippen molar-refractivity contribution in [2.75, 3.05) is 12.3 Å². The van der Waals surface area contributed by atoms with Gasteiger partial charge in [-0.05, 0) is 147 Å². The van der Waals surface area contributed by atoms with Gasteiger partial charge in [-0.15, -0.1) is 0 Å². The molecule has 0 aliphatic heterocycles. The van der Waals surface area contributed by atoms with E-state index >= 15 is 0 Å². The van der Waals surface area contributed by atoms with E-state index < -0.39 is 62.7 Å². The first-order chi connectivity index (χ1) is 34.1. The maximum absolute atomic E-state index is 12.7. The summed E-state index contributed by atoms with van der Waals surface area (Å²) in [5.41, 5.74) is 1.51. The first-order valence-corrected chi connectivity index (χ1v) is 23.6. The Morgan fingerprint density at radius 3 is 1.55 bits per heavy atom. The van der Waals surface area contributed by atoms with Crippen molar-refractivity contribution in [1.29, 1.82) is 0 Å². The SMILES string of the molecule is CCOC(=O)CC(C)=O.Nc1ccc(Br)cn1.O=c1c(Br)c(C(F)(F)F)nc2ccc(C3CC3)cn12.O=c1cc(C(F)(F)F)nc2ccc(Br)cn12.O=c1cc(C(F)(F)F)nc2ccc(C3CC3)cn12.[B]=NS. The van der Waals surface area contributed by atoms with Gasteiger partial charge in [-0.3, -0.25) is 37.2 Å². The number of ketones is 1. The zero-order valence-corrected chi connectivity index (χ0v) is 43.3. The van der Waals surface area contributed by atoms with Crippen molar-refractivity contribution in [2.45, 2.75) is 76.3 Å². The molecule has 7 aromatic rings. The molecule has 2 aliphatic carbocycles. The van der Waals surface area contributed by atoms with E-state index in [1.165, 1.54) is 41.8 Å². The molecule has 0 saturated heterocycles. The van der Waals surface area contributed by atoms with Gasteiger partial charge in [0.15, 0.2) is 17.1 Å². The van der Waals surface area contributed by atoms with Crippen molar-refractivity contribution in [2.24, 2.45) is 4.30 Å². The number of Topliss-reactive ketones (excluding diaryl/α,β-unsaturated/α-hetero) is 1. The van der Waals surface area contributed by atoms with E-state index in [0.29, 0.717) is 40.9 Å². The first-order valence-electron chi connectivity index (χ1n) is 20.8. The molecule has 0 bridgehead atoms. The van der Waals surface area contributed by atoms with Crippen LogP contribution in [0.2, 0.25) is 0 Å². The van der Waals surface area contributed by atoms with Gasteiger partial charge in [-0.25, -0.2) is 19.9 Å². The molecule has 9 rings (SSSR count). The normalized spacial score (nSPS) is 13.0. The van der Waals surface area contributed by atoms with E-state index in [1.807, 2.05) is 6.07 Å². The Morgan fingerprint density at radius 1 is 0.712 bits per heavy atom. The van der Waals surface area contributed by atoms with Gasteiger partial charge in [0, 0.05) is 45.9 Å². The molecule has 0 unspecified atom stereocenters. The molecule has 2 N–H and O–H groups in total. The summed E-state index contributed by atoms with van der Waals surface area (Å²) in [6, 6.07) is 13.8. The Kier molecular flexibility index (Phi) is 21.2. The van der Waals surface area contributed by atoms with E-state index in [-0.39, 0.29) is 29.1 Å². The number of aromatic nitrogens is 7. The fourth-order valence-electron chi connectivity index (χ4n) is 5.93. The first kappa shape index (κ1) is 59.8. The van der Waals surface area contributed by atoms with Crippen LogP contribution in [0, 0.1) is 0 Å². The Hall–Kier alpha value is -5.81. The molecule has 387 valence electrons. The topological polar surface area (TPSA) is 198 Å². The van der Waals surface area contributed by atoms with Crippen molar-refractivity contribution in [1.82, 2.24) is 33.1 Å². The number of carbonyl (C=O) groups excluding carboxylic acids is 2. The van der Waals surface area contributed by atoms with Crippen LogP contribution in [0.25, 0.3) is 16.9 Å². The summed E-state index contributed by atoms with van der Waals surface area (Å²) in [5.74, 6) is 0.799. The zero-order chi connectivity index (χ0) is 54.6. The number of esters is 1. The van der Waals surface area contributed by atoms with Crippen molar-refractivity contribution in [3.05, 3.63) is 158 Å². The molecule has 2 fully saturated rings. The molecule has 73 heavy (non-hydrogen) atoms. The fourth-order valence-corrected chi connectivity index (χ4v) is 7.00. The number of pyridine rings is 4. The van der Waals surface area contributed by atoms with Gasteiger partial charge in [0.2, 0.25) is 0 Å². The van der Waals surface area contributed by atoms with E-state index in [2.05, 4.69) is 97.2 Å². The van der Waals surface area contributed by atoms with Gasteiger partial charge in [-0.2, -0.15) is 39.5 Å². The number of carbonyl (C=O) groups is 2. The number of fused-ring (bicyclic) bond motifs is 3. The number of nitrogen functional groups attached to an aromatic ring is 1. The van der Waals surface area contributed by atoms with Crippen molar-refractivity contribution >= 4 is 103 Å². The Morgan fingerprint density at radius 2 is 1.15 bits per heavy atom. The summed E-state index contributed by atoms with van der Waals surface area (Å²) in [6.07, 6.45) is -3.54. The fraction of sp³-hybridized carbons (Fsp3) is 0.295. The summed E-state index contributed by atoms with van der Waals surface area (Å²) in [5, 5.41) is 0. The number of thiol groups is 1. The number of hydrogen-bond donors (Lipinski definition) is 2. The van der Waals surface area contributed by atoms with Crippen LogP contribution in [0.3, 0.4) is 0 Å². The van der Waals surface area contributed by atoms with Crippen molar-refractivity contribution < 1.29 is 53.8 Å². The van der Waals surface area contributed by atoms with Crippen molar-refractivity contribution in [3.8, 4) is 0 Å². The molecule has 15 nitrogen and oxygen atoms in total. The van der Waals surface area contributed by atoms with E-state index in [0.717, 1.165) is 50.1 Å². The van der Waals surface area contributed by atoms with Crippen LogP contribution in [0.4, 0.5) is 45.3 Å². The van der Waals surface area contributed by atoms with Gasteiger partial charge in [0.1, 0.15) is 39.4 Å². The molecular weight excluding hydrogens is 1200 g/mol. The van der Waals surface area contributed by atoms with Gasteiger partial charge >= 0.3 is 49.3 Å². The third-order valence-corrected chi connectivity index (χ3v) is 11.1. The van der Waals surface area contributed by atoms with Crippen molar-refractivity contribution in [3.63, 3.8) is 0 Å². The number of rotatable bonds is 5. The molecule has 0 spiro atoms. The molecule has 2 saturated carbocycles. The Balaban J connectivity index is 0.000000202. The molecular formula is C44H37BBr3F9N9O6S. The van der Waals surface area contributed by atoms with Gasteiger partial charge in [0.25, 0.3) is 16.7 Å². The number of halogens is 12. The minimum atomic E-state index is -4.65. The summed E-state index contributed by atoms with van der Waals surface area (Å²) in [4.78, 5) is 69.8. The van der Waals surface area contributed by atoms with Gasteiger partial charge in [-0.1, -0.05) is 12.1 Å². The third kappa shape index (κ3) is 18.3. The summed E-state index contributed by atoms with van der Waals surface area (Å²) < 4.78 is 124. The second-order valence-electron chi connectivity index (χ2n) is 15.2. The van der Waals surface area contributed by atoms with Gasteiger partial charge < -0.3 is 10.5 Å². The molecule has 1 radical (unpaired) electrons. The Bertz CT molecular complexity index is 3260. The molecule has 0 aromatic carbocycles. The molecule has 2 aliphatic rings. The number of ether oxygens (including phenoxy) is 1. The molecule has 7 heterocycles. The third-order valence-electron chi connectivity index (χ3n) is 9.49. The molecule has 0 amide bonds. The minimum absolute atomic E-state index is 0.00456. The van der Waals surface area contributed by atoms with Gasteiger partial charge in [0.05, 0.1) is 6.61 Å². The zero-order valence-electron chi connectivity index (χ0n) is 37.6. The molecule has 7 aromatic heterocycles. The number of nitrogens with zero attached hydrogens (tertiary/aromatic N) is 8. The number of nitrogens with two attached hydrogens (primary N) is 1. The van der Waals surface area contributed by atoms with Crippen LogP contribution in [-0.4, -0.2) is 59.1 Å². The molecule has 0 atom stereocenters. The summed E-state index contributed by atoms with van der Waals surface area (Å²) in [6.45, 7) is 3.40. The quantitative estimate of drug-likeness (QED) is 0.0547. The van der Waals surface area contributed by atoms with E-state index in [9.17, 15) is 63.5 Å². The van der Waals surface area contributed by atoms with Crippen LogP contribution in [-0.2, 0) is 32.9 Å². The van der Waals surface area contributed by atoms with E-state index in [1.54, 1.807) is 43.7 Å². The van der Waals surface area contributed by atoms with Crippen LogP contribution < -0.4 is 22.4 Å². The van der Waals surface area contributed by atoms with Crippen LogP contribution in [0.5, 0.6) is 0 Å². The maximum atomic E-state index is 12.7. The number of hydrogen-bond acceptors (Lipinski definition) is 13. The van der Waals surface area contributed by atoms with Crippen LogP contribution >= 0.6 is 60.6 Å². The average Bonchev–Trinajstić information content (AvgIpc) is 4.24.